The van der Waals surface area contributed by atoms with Crippen LogP contribution < -0.4 is 5.84 Å². The molecule has 0 aliphatic heterocycles. The van der Waals surface area contributed by atoms with Crippen molar-refractivity contribution in [3.63, 3.8) is 0 Å². The summed E-state index contributed by atoms with van der Waals surface area (Å²) in [6.45, 7) is 5.41. The molecule has 2 aromatic rings. The molecule has 0 saturated carbocycles. The average Bonchev–Trinajstić information content (AvgIpc) is 2.98. The molecule has 24 heavy (non-hydrogen) atoms. The molecule has 0 spiro atoms. The van der Waals surface area contributed by atoms with Crippen LogP contribution in [0.3, 0.4) is 0 Å². The Labute approximate surface area is 142 Å². The number of nitrogens with zero attached hydrogens (tertiary/aromatic N) is 3. The van der Waals surface area contributed by atoms with Crippen molar-refractivity contribution < 1.29 is 0 Å². The number of hydrogen-bond donors (Lipinski definition) is 2. The fourth-order valence-electron chi connectivity index (χ4n) is 3.09. The summed E-state index contributed by atoms with van der Waals surface area (Å²) in [7, 11) is 0. The molecule has 5 heteroatoms. The van der Waals surface area contributed by atoms with Gasteiger partial charge < -0.3 is 10.4 Å². The molecule has 0 fully saturated rings. The number of benzene rings is 1. The van der Waals surface area contributed by atoms with Crippen molar-refractivity contribution in [2.45, 2.75) is 26.8 Å². The molecule has 0 amide bonds. The number of aromatic nitrogens is 1. The Bertz CT molecular complexity index is 839. The zero-order valence-electron chi connectivity index (χ0n) is 14.1. The molecule has 0 radical (unpaired) electrons. The lowest BCUT2D eigenvalue weighted by Gasteiger charge is -2.20. The zero-order valence-corrected chi connectivity index (χ0v) is 14.1. The molecular formula is C19H23N5. The van der Waals surface area contributed by atoms with Gasteiger partial charge in [0.05, 0.1) is 0 Å². The minimum atomic E-state index is 0.0739. The van der Waals surface area contributed by atoms with E-state index < -0.39 is 0 Å². The molecule has 1 heterocycles. The second-order valence-electron chi connectivity index (χ2n) is 6.56. The number of nitrogens with two attached hydrogens (primary N) is 1. The van der Waals surface area contributed by atoms with Gasteiger partial charge in [-0.15, -0.1) is 5.11 Å². The van der Waals surface area contributed by atoms with E-state index >= 15 is 0 Å². The van der Waals surface area contributed by atoms with Crippen LogP contribution in [0.15, 0.2) is 64.6 Å². The predicted molar refractivity (Wildman–Crippen MR) is 98.0 cm³/mol. The summed E-state index contributed by atoms with van der Waals surface area (Å²) in [5.41, 5.74) is 3.21. The van der Waals surface area contributed by atoms with Crippen LogP contribution >= 0.6 is 0 Å². The van der Waals surface area contributed by atoms with E-state index in [2.05, 4.69) is 59.2 Å². The van der Waals surface area contributed by atoms with Gasteiger partial charge in [0.15, 0.2) is 5.84 Å². The second-order valence-corrected chi connectivity index (χ2v) is 6.56. The maximum atomic E-state index is 7.80. The maximum Gasteiger partial charge on any atom is 0.176 e. The molecule has 0 saturated heterocycles. The summed E-state index contributed by atoms with van der Waals surface area (Å²) in [5.74, 6) is 6.43. The first-order chi connectivity index (χ1) is 11.6. The topological polar surface area (TPSA) is 79.5 Å². The lowest BCUT2D eigenvalue weighted by atomic mass is 9.88. The second kappa shape index (κ2) is 6.83. The molecule has 3 rings (SSSR count). The largest absolute Gasteiger partial charge is 0.343 e. The summed E-state index contributed by atoms with van der Waals surface area (Å²) in [6.07, 6.45) is 10.1. The minimum absolute atomic E-state index is 0.0739. The van der Waals surface area contributed by atoms with Crippen LogP contribution in [0.5, 0.6) is 0 Å². The van der Waals surface area contributed by atoms with Crippen LogP contribution in [-0.2, 0) is 6.54 Å². The highest BCUT2D eigenvalue weighted by atomic mass is 15.3. The van der Waals surface area contributed by atoms with Gasteiger partial charge in [0.2, 0.25) is 0 Å². The van der Waals surface area contributed by atoms with Crippen LogP contribution in [0.2, 0.25) is 0 Å². The third-order valence-electron chi connectivity index (χ3n) is 4.62. The first-order valence-corrected chi connectivity index (χ1v) is 8.24. The third kappa shape index (κ3) is 3.30. The molecule has 1 atom stereocenters. The van der Waals surface area contributed by atoms with Gasteiger partial charge >= 0.3 is 0 Å². The van der Waals surface area contributed by atoms with Crippen LogP contribution in [0.4, 0.5) is 0 Å². The Hall–Kier alpha value is -2.69. The normalized spacial score (nSPS) is 17.8. The SMILES string of the molecule is CC(C)C1C=CC(Cn2ccc3cc(C(=N)N=NN)ccc32)=CC1. The summed E-state index contributed by atoms with van der Waals surface area (Å²) in [6, 6.07) is 7.92. The van der Waals surface area contributed by atoms with E-state index in [1.54, 1.807) is 0 Å². The summed E-state index contributed by atoms with van der Waals surface area (Å²) in [4.78, 5) is 0. The predicted octanol–water partition coefficient (Wildman–Crippen LogP) is 4.45. The Morgan fingerprint density at radius 2 is 2.21 bits per heavy atom. The quantitative estimate of drug-likeness (QED) is 0.282. The fourth-order valence-corrected chi connectivity index (χ4v) is 3.09. The van der Waals surface area contributed by atoms with Gasteiger partial charge in [-0.05, 0) is 48.1 Å². The monoisotopic (exact) mass is 321 g/mol. The van der Waals surface area contributed by atoms with Crippen LogP contribution in [0, 0.1) is 17.2 Å². The van der Waals surface area contributed by atoms with Crippen LogP contribution in [0.25, 0.3) is 10.9 Å². The average molecular weight is 321 g/mol. The summed E-state index contributed by atoms with van der Waals surface area (Å²) < 4.78 is 2.24. The number of nitrogens with one attached hydrogen (secondary N) is 1. The maximum absolute atomic E-state index is 7.80. The lowest BCUT2D eigenvalue weighted by Crippen LogP contribution is -2.09. The van der Waals surface area contributed by atoms with E-state index in [4.69, 9.17) is 11.3 Å². The van der Waals surface area contributed by atoms with Crippen molar-refractivity contribution in [3.05, 3.63) is 59.8 Å². The Morgan fingerprint density at radius 3 is 2.88 bits per heavy atom. The Kier molecular flexibility index (Phi) is 4.60. The van der Waals surface area contributed by atoms with Gasteiger partial charge in [0.1, 0.15) is 0 Å². The Balaban J connectivity index is 1.80. The molecular weight excluding hydrogens is 298 g/mol. The molecule has 1 unspecified atom stereocenters. The fraction of sp³-hybridized carbons (Fsp3) is 0.316. The van der Waals surface area contributed by atoms with Gasteiger partial charge in [0.25, 0.3) is 0 Å². The molecule has 3 N–H and O–H groups in total. The smallest absolute Gasteiger partial charge is 0.176 e. The molecule has 124 valence electrons. The van der Waals surface area contributed by atoms with Gasteiger partial charge in [0, 0.05) is 29.2 Å². The highest BCUT2D eigenvalue weighted by Gasteiger charge is 2.13. The van der Waals surface area contributed by atoms with E-state index in [-0.39, 0.29) is 5.84 Å². The first kappa shape index (κ1) is 16.2. The van der Waals surface area contributed by atoms with E-state index in [9.17, 15) is 0 Å². The number of amidine groups is 1. The van der Waals surface area contributed by atoms with Gasteiger partial charge in [-0.1, -0.05) is 37.3 Å². The van der Waals surface area contributed by atoms with Crippen LogP contribution in [0.1, 0.15) is 25.8 Å². The van der Waals surface area contributed by atoms with Gasteiger partial charge in [-0.25, -0.2) is 0 Å². The molecule has 1 aromatic carbocycles. The van der Waals surface area contributed by atoms with E-state index in [1.165, 1.54) is 5.57 Å². The van der Waals surface area contributed by atoms with Crippen LogP contribution in [-0.4, -0.2) is 10.4 Å². The van der Waals surface area contributed by atoms with Crippen molar-refractivity contribution >= 4 is 16.7 Å². The number of fused-ring (bicyclic) bond motifs is 1. The Morgan fingerprint density at radius 1 is 1.38 bits per heavy atom. The molecule has 1 aliphatic carbocycles. The first-order valence-electron chi connectivity index (χ1n) is 8.24. The molecule has 5 nitrogen and oxygen atoms in total. The summed E-state index contributed by atoms with van der Waals surface area (Å²) >= 11 is 0. The van der Waals surface area contributed by atoms with Gasteiger partial charge in [-0.2, -0.15) is 0 Å². The third-order valence-corrected chi connectivity index (χ3v) is 4.62. The van der Waals surface area contributed by atoms with E-state index in [0.29, 0.717) is 17.4 Å². The highest BCUT2D eigenvalue weighted by Crippen LogP contribution is 2.25. The van der Waals surface area contributed by atoms with Crippen molar-refractivity contribution in [3.8, 4) is 0 Å². The molecule has 0 bridgehead atoms. The lowest BCUT2D eigenvalue weighted by molar-refractivity contribution is 0.465. The van der Waals surface area contributed by atoms with Gasteiger partial charge in [-0.3, -0.25) is 5.41 Å². The summed E-state index contributed by atoms with van der Waals surface area (Å²) in [5, 5.41) is 15.7. The van der Waals surface area contributed by atoms with Crippen molar-refractivity contribution in [2.75, 3.05) is 0 Å². The molecule has 1 aliphatic rings. The minimum Gasteiger partial charge on any atom is -0.343 e. The van der Waals surface area contributed by atoms with E-state index in [0.717, 1.165) is 23.9 Å². The standard InChI is InChI=1S/C19H23N5/c1-13(2)15-5-3-14(4-6-15)12-24-10-9-16-11-17(7-8-18(16)24)19(20)22-23-21/h3-5,7-11,13,15H,6,12H2,1-2H3,(H3,20,21,22). The highest BCUT2D eigenvalue weighted by molar-refractivity contribution is 6.00. The number of allylic oxidation sites excluding steroid dienone is 4. The van der Waals surface area contributed by atoms with Crippen molar-refractivity contribution in [1.82, 2.24) is 4.57 Å². The number of rotatable bonds is 4. The zero-order chi connectivity index (χ0) is 17.1. The van der Waals surface area contributed by atoms with E-state index in [1.807, 2.05) is 18.2 Å². The van der Waals surface area contributed by atoms with Crippen molar-refractivity contribution in [1.29, 1.82) is 5.41 Å². The molecule has 1 aromatic heterocycles. The number of hydrogen-bond acceptors (Lipinski definition) is 2. The van der Waals surface area contributed by atoms with Crippen molar-refractivity contribution in [2.24, 2.45) is 28.0 Å².